The van der Waals surface area contributed by atoms with Gasteiger partial charge in [0, 0.05) is 43.8 Å². The molecule has 0 saturated carbocycles. The Morgan fingerprint density at radius 1 is 1.03 bits per heavy atom. The quantitative estimate of drug-likeness (QED) is 0.534. The number of amides is 1. The number of carbonyl (C=O) groups is 1. The molecule has 190 valence electrons. The van der Waals surface area contributed by atoms with Crippen molar-refractivity contribution in [2.24, 2.45) is 5.41 Å². The molecule has 0 aromatic heterocycles. The topological polar surface area (TPSA) is 36.0 Å². The van der Waals surface area contributed by atoms with Gasteiger partial charge in [-0.05, 0) is 63.4 Å². The van der Waals surface area contributed by atoms with Gasteiger partial charge in [-0.15, -0.1) is 0 Å². The van der Waals surface area contributed by atoms with E-state index in [0.29, 0.717) is 38.4 Å². The predicted octanol–water partition coefficient (Wildman–Crippen LogP) is 5.29. The van der Waals surface area contributed by atoms with Crippen LogP contribution in [0.5, 0.6) is 0 Å². The zero-order valence-electron chi connectivity index (χ0n) is 19.0. The molecule has 0 N–H and O–H groups in total. The standard InChI is InChI=1S/C23H29F6N3O2/c1-16(22(24,25)26)34-20(33)32-14-21(15-32)6-10-30(11-7-21)13-17-4-5-18(23(27,28)29)12-19(17)31-8-2-3-9-31/h4-5,12,16H,2-3,6-11,13-15H2,1H3. The number of hydrogen-bond donors (Lipinski definition) is 0. The van der Waals surface area contributed by atoms with Crippen LogP contribution in [0.25, 0.3) is 0 Å². The summed E-state index contributed by atoms with van der Waals surface area (Å²) in [4.78, 5) is 17.5. The van der Waals surface area contributed by atoms with Crippen molar-refractivity contribution in [3.05, 3.63) is 29.3 Å². The average Bonchev–Trinajstić information content (AvgIpc) is 3.26. The van der Waals surface area contributed by atoms with Gasteiger partial charge in [-0.1, -0.05) is 6.07 Å². The summed E-state index contributed by atoms with van der Waals surface area (Å²) in [6, 6.07) is 3.96. The first-order valence-corrected chi connectivity index (χ1v) is 11.6. The number of anilines is 1. The fourth-order valence-electron chi connectivity index (χ4n) is 5.05. The summed E-state index contributed by atoms with van der Waals surface area (Å²) < 4.78 is 82.2. The number of ether oxygens (including phenoxy) is 1. The molecule has 3 fully saturated rings. The highest BCUT2D eigenvalue weighted by atomic mass is 19.4. The molecule has 3 saturated heterocycles. The molecule has 1 unspecified atom stereocenters. The van der Waals surface area contributed by atoms with Crippen LogP contribution in [-0.2, 0) is 17.5 Å². The van der Waals surface area contributed by atoms with Gasteiger partial charge in [0.15, 0.2) is 6.10 Å². The SMILES string of the molecule is CC(OC(=O)N1CC2(CCN(Cc3ccc(C(F)(F)F)cc3N3CCCC3)CC2)C1)C(F)(F)F. The molecule has 3 aliphatic rings. The molecule has 1 aromatic rings. The van der Waals surface area contributed by atoms with Crippen molar-refractivity contribution in [1.29, 1.82) is 0 Å². The minimum atomic E-state index is -4.59. The van der Waals surface area contributed by atoms with E-state index in [-0.39, 0.29) is 5.41 Å². The van der Waals surface area contributed by atoms with Crippen molar-refractivity contribution in [3.63, 3.8) is 0 Å². The number of piperidine rings is 1. The zero-order valence-corrected chi connectivity index (χ0v) is 19.0. The minimum Gasteiger partial charge on any atom is -0.437 e. The molecular weight excluding hydrogens is 464 g/mol. The molecule has 0 aliphatic carbocycles. The van der Waals surface area contributed by atoms with Gasteiger partial charge in [-0.25, -0.2) is 4.79 Å². The fourth-order valence-corrected chi connectivity index (χ4v) is 5.05. The maximum absolute atomic E-state index is 13.3. The van der Waals surface area contributed by atoms with Crippen molar-refractivity contribution in [2.45, 2.75) is 57.6 Å². The average molecular weight is 493 g/mol. The van der Waals surface area contributed by atoms with Gasteiger partial charge in [0.1, 0.15) is 0 Å². The van der Waals surface area contributed by atoms with Gasteiger partial charge >= 0.3 is 18.4 Å². The van der Waals surface area contributed by atoms with Crippen molar-refractivity contribution in [1.82, 2.24) is 9.80 Å². The molecule has 3 aliphatic heterocycles. The number of nitrogens with zero attached hydrogens (tertiary/aromatic N) is 3. The van der Waals surface area contributed by atoms with E-state index in [1.807, 2.05) is 4.90 Å². The van der Waals surface area contributed by atoms with E-state index in [1.54, 1.807) is 6.07 Å². The molecule has 4 rings (SSSR count). The van der Waals surface area contributed by atoms with Gasteiger partial charge in [-0.2, -0.15) is 26.3 Å². The van der Waals surface area contributed by atoms with Gasteiger partial charge in [-0.3, -0.25) is 4.90 Å². The summed E-state index contributed by atoms with van der Waals surface area (Å²) in [5, 5.41) is 0. The smallest absolute Gasteiger partial charge is 0.425 e. The Bertz CT molecular complexity index is 882. The second-order valence-electron chi connectivity index (χ2n) is 9.74. The molecule has 3 heterocycles. The third kappa shape index (κ3) is 5.39. The first-order valence-electron chi connectivity index (χ1n) is 11.6. The molecule has 5 nitrogen and oxygen atoms in total. The molecule has 1 atom stereocenters. The molecule has 0 radical (unpaired) electrons. The Labute approximate surface area is 194 Å². The molecule has 1 spiro atoms. The first kappa shape index (κ1) is 24.9. The lowest BCUT2D eigenvalue weighted by atomic mass is 9.72. The Morgan fingerprint density at radius 2 is 1.65 bits per heavy atom. The monoisotopic (exact) mass is 493 g/mol. The number of hydrogen-bond acceptors (Lipinski definition) is 4. The molecule has 34 heavy (non-hydrogen) atoms. The summed E-state index contributed by atoms with van der Waals surface area (Å²) in [7, 11) is 0. The van der Waals surface area contributed by atoms with Crippen LogP contribution in [0.1, 0.15) is 43.7 Å². The molecule has 0 bridgehead atoms. The van der Waals surface area contributed by atoms with E-state index < -0.39 is 30.1 Å². The minimum absolute atomic E-state index is 0.130. The summed E-state index contributed by atoms with van der Waals surface area (Å²) in [5.41, 5.74) is 0.737. The van der Waals surface area contributed by atoms with Crippen LogP contribution in [0, 0.1) is 5.41 Å². The summed E-state index contributed by atoms with van der Waals surface area (Å²) >= 11 is 0. The normalized spacial score (nSPS) is 22.1. The second kappa shape index (κ2) is 9.13. The van der Waals surface area contributed by atoms with Crippen molar-refractivity contribution < 1.29 is 35.9 Å². The van der Waals surface area contributed by atoms with Crippen LogP contribution in [0.4, 0.5) is 36.8 Å². The first-order chi connectivity index (χ1) is 15.9. The van der Waals surface area contributed by atoms with Crippen LogP contribution in [0.15, 0.2) is 18.2 Å². The third-order valence-corrected chi connectivity index (χ3v) is 7.22. The van der Waals surface area contributed by atoms with Crippen LogP contribution in [-0.4, -0.2) is 67.4 Å². The molecule has 11 heteroatoms. The van der Waals surface area contributed by atoms with E-state index in [1.165, 1.54) is 11.0 Å². The van der Waals surface area contributed by atoms with Crippen LogP contribution >= 0.6 is 0 Å². The van der Waals surface area contributed by atoms with Gasteiger partial charge in [0.25, 0.3) is 0 Å². The highest BCUT2D eigenvalue weighted by Gasteiger charge is 2.49. The number of rotatable bonds is 4. The summed E-state index contributed by atoms with van der Waals surface area (Å²) in [5.74, 6) is 0. The third-order valence-electron chi connectivity index (χ3n) is 7.22. The maximum Gasteiger partial charge on any atom is 0.425 e. The Hall–Kier alpha value is -2.17. The highest BCUT2D eigenvalue weighted by Crippen LogP contribution is 2.42. The van der Waals surface area contributed by atoms with E-state index in [4.69, 9.17) is 0 Å². The van der Waals surface area contributed by atoms with Gasteiger partial charge in [0.2, 0.25) is 0 Å². The van der Waals surface area contributed by atoms with Crippen LogP contribution in [0.2, 0.25) is 0 Å². The number of likely N-dealkylation sites (tertiary alicyclic amines) is 2. The predicted molar refractivity (Wildman–Crippen MR) is 113 cm³/mol. The molecule has 1 aromatic carbocycles. The largest absolute Gasteiger partial charge is 0.437 e. The number of halogens is 6. The number of benzene rings is 1. The zero-order chi connectivity index (χ0) is 24.7. The van der Waals surface area contributed by atoms with E-state index in [0.717, 1.165) is 57.3 Å². The highest BCUT2D eigenvalue weighted by molar-refractivity contribution is 5.69. The van der Waals surface area contributed by atoms with Crippen molar-refractivity contribution >= 4 is 11.8 Å². The number of alkyl halides is 6. The lowest BCUT2D eigenvalue weighted by Gasteiger charge is -2.53. The van der Waals surface area contributed by atoms with Gasteiger partial charge < -0.3 is 14.5 Å². The Kier molecular flexibility index (Phi) is 6.69. The fraction of sp³-hybridized carbons (Fsp3) is 0.696. The Balaban J connectivity index is 1.33. The second-order valence-corrected chi connectivity index (χ2v) is 9.74. The molecular formula is C23H29F6N3O2. The van der Waals surface area contributed by atoms with Crippen molar-refractivity contribution in [3.8, 4) is 0 Å². The van der Waals surface area contributed by atoms with E-state index >= 15 is 0 Å². The van der Waals surface area contributed by atoms with E-state index in [9.17, 15) is 31.1 Å². The van der Waals surface area contributed by atoms with Crippen molar-refractivity contribution in [2.75, 3.05) is 44.2 Å². The summed E-state index contributed by atoms with van der Waals surface area (Å²) in [6.45, 7) is 4.99. The van der Waals surface area contributed by atoms with Crippen LogP contribution < -0.4 is 4.90 Å². The lowest BCUT2D eigenvalue weighted by Crippen LogP contribution is -2.62. The lowest BCUT2D eigenvalue weighted by molar-refractivity contribution is -0.202. The van der Waals surface area contributed by atoms with E-state index in [2.05, 4.69) is 9.64 Å². The van der Waals surface area contributed by atoms with Crippen LogP contribution in [0.3, 0.4) is 0 Å². The maximum atomic E-state index is 13.3. The number of carbonyl (C=O) groups excluding carboxylic acids is 1. The van der Waals surface area contributed by atoms with Gasteiger partial charge in [0.05, 0.1) is 5.56 Å². The summed E-state index contributed by atoms with van der Waals surface area (Å²) in [6.07, 6.45) is -8.61. The Morgan fingerprint density at radius 3 is 2.21 bits per heavy atom. The molecule has 1 amide bonds.